The lowest BCUT2D eigenvalue weighted by molar-refractivity contribution is 0.0948. The highest BCUT2D eigenvalue weighted by Crippen LogP contribution is 2.48. The first-order valence-electron chi connectivity index (χ1n) is 12.4. The molecule has 2 amide bonds. The Morgan fingerprint density at radius 2 is 1.76 bits per heavy atom. The molecule has 6 rings (SSSR count). The fourth-order valence-corrected chi connectivity index (χ4v) is 7.03. The number of rotatable bonds is 2. The van der Waals surface area contributed by atoms with Gasteiger partial charge >= 0.3 is 6.03 Å². The van der Waals surface area contributed by atoms with Gasteiger partial charge in [-0.05, 0) is 63.2 Å². The highest BCUT2D eigenvalue weighted by molar-refractivity contribution is 5.95. The summed E-state index contributed by atoms with van der Waals surface area (Å²) in [6.45, 7) is 3.05. The summed E-state index contributed by atoms with van der Waals surface area (Å²) in [6.07, 6.45) is 12.7. The Morgan fingerprint density at radius 3 is 2.42 bits per heavy atom. The summed E-state index contributed by atoms with van der Waals surface area (Å²) < 4.78 is 0. The Bertz CT molecular complexity index is 1000. The molecule has 1 aromatic heterocycles. The summed E-state index contributed by atoms with van der Waals surface area (Å²) in [6, 6.07) is 10.5. The zero-order chi connectivity index (χ0) is 22.6. The first-order chi connectivity index (χ1) is 16.1. The number of anilines is 2. The normalized spacial score (nSPS) is 28.2. The Kier molecular flexibility index (Phi) is 5.05. The average Bonchev–Trinajstić information content (AvgIpc) is 3.30. The summed E-state index contributed by atoms with van der Waals surface area (Å²) >= 11 is 0. The molecular weight excluding hydrogens is 412 g/mol. The number of aromatic nitrogens is 2. The molecule has 5 heterocycles. The largest absolute Gasteiger partial charge is 0.349 e. The molecule has 0 radical (unpaired) electrons. The van der Waals surface area contributed by atoms with Crippen molar-refractivity contribution >= 4 is 17.5 Å². The highest BCUT2D eigenvalue weighted by Gasteiger charge is 2.49. The van der Waals surface area contributed by atoms with Gasteiger partial charge in [0.2, 0.25) is 0 Å². The fourth-order valence-electron chi connectivity index (χ4n) is 7.03. The molecule has 2 aromatic rings. The molecule has 1 aromatic carbocycles. The minimum absolute atomic E-state index is 0.0923. The number of urea groups is 1. The smallest absolute Gasteiger partial charge is 0.323 e. The molecule has 2 unspecified atom stereocenters. The molecule has 0 saturated carbocycles. The molecule has 2 bridgehead atoms. The number of para-hydroxylation sites is 1. The van der Waals surface area contributed by atoms with Gasteiger partial charge in [-0.15, -0.1) is 0 Å². The van der Waals surface area contributed by atoms with Crippen LogP contribution in [0.1, 0.15) is 44.1 Å². The van der Waals surface area contributed by atoms with Gasteiger partial charge in [-0.1, -0.05) is 18.2 Å². The maximum absolute atomic E-state index is 12.9. The summed E-state index contributed by atoms with van der Waals surface area (Å²) in [4.78, 5) is 30.8. The number of amides is 2. The van der Waals surface area contributed by atoms with E-state index >= 15 is 0 Å². The van der Waals surface area contributed by atoms with Gasteiger partial charge in [-0.25, -0.2) is 9.78 Å². The van der Waals surface area contributed by atoms with Crippen LogP contribution >= 0.6 is 0 Å². The van der Waals surface area contributed by atoms with E-state index in [-0.39, 0.29) is 11.4 Å². The van der Waals surface area contributed by atoms with Crippen LogP contribution in [0.25, 0.3) is 0 Å². The molecule has 0 N–H and O–H groups in total. The molecule has 33 heavy (non-hydrogen) atoms. The van der Waals surface area contributed by atoms with Gasteiger partial charge in [0.15, 0.2) is 0 Å². The number of hydrogen-bond donors (Lipinski definition) is 0. The van der Waals surface area contributed by atoms with E-state index in [0.717, 1.165) is 44.0 Å². The predicted octanol–water partition coefficient (Wildman–Crippen LogP) is 3.51. The molecule has 3 fully saturated rings. The van der Waals surface area contributed by atoms with Crippen LogP contribution in [0.5, 0.6) is 0 Å². The number of likely N-dealkylation sites (tertiary alicyclic amines) is 1. The van der Waals surface area contributed by atoms with E-state index in [4.69, 9.17) is 0 Å². The molecule has 174 valence electrons. The van der Waals surface area contributed by atoms with Crippen LogP contribution in [0.4, 0.5) is 16.3 Å². The van der Waals surface area contributed by atoms with Gasteiger partial charge in [-0.2, -0.15) is 0 Å². The minimum Gasteiger partial charge on any atom is -0.349 e. The van der Waals surface area contributed by atoms with Crippen molar-refractivity contribution in [1.82, 2.24) is 19.8 Å². The summed E-state index contributed by atoms with van der Waals surface area (Å²) in [5.74, 6) is 1.05. The van der Waals surface area contributed by atoms with Crippen LogP contribution < -0.4 is 9.80 Å². The molecular formula is C26H34N6O. The third-order valence-corrected chi connectivity index (χ3v) is 8.63. The Labute approximate surface area is 196 Å². The van der Waals surface area contributed by atoms with E-state index in [1.54, 1.807) is 11.1 Å². The second-order valence-corrected chi connectivity index (χ2v) is 10.6. The van der Waals surface area contributed by atoms with Gasteiger partial charge in [-0.3, -0.25) is 9.88 Å². The summed E-state index contributed by atoms with van der Waals surface area (Å²) in [5.41, 5.74) is 2.58. The van der Waals surface area contributed by atoms with Crippen molar-refractivity contribution in [1.29, 1.82) is 0 Å². The Balaban J connectivity index is 1.16. The van der Waals surface area contributed by atoms with E-state index < -0.39 is 0 Å². The Hall–Kier alpha value is -2.67. The molecule has 3 saturated heterocycles. The zero-order valence-electron chi connectivity index (χ0n) is 19.7. The number of carbonyl (C=O) groups excluding carboxylic acids is 1. The minimum atomic E-state index is 0.0923. The maximum Gasteiger partial charge on any atom is 0.323 e. The third-order valence-electron chi connectivity index (χ3n) is 8.63. The van der Waals surface area contributed by atoms with Gasteiger partial charge in [0.05, 0.1) is 6.20 Å². The van der Waals surface area contributed by atoms with Crippen LogP contribution in [-0.2, 0) is 5.41 Å². The second-order valence-electron chi connectivity index (χ2n) is 10.6. The van der Waals surface area contributed by atoms with Gasteiger partial charge in [0.25, 0.3) is 0 Å². The van der Waals surface area contributed by atoms with Crippen molar-refractivity contribution in [2.24, 2.45) is 0 Å². The SMILES string of the molecule is CN(C)C(=O)N1CC2(CCN(C3CC4CCC(C3)N4c3cnccn3)CC2)c2ccccc21. The number of piperidine rings is 2. The van der Waals surface area contributed by atoms with Crippen molar-refractivity contribution in [3.05, 3.63) is 48.4 Å². The molecule has 0 aliphatic carbocycles. The number of hydrogen-bond acceptors (Lipinski definition) is 5. The Morgan fingerprint density at radius 1 is 1.03 bits per heavy atom. The number of nitrogens with zero attached hydrogens (tertiary/aromatic N) is 6. The lowest BCUT2D eigenvalue weighted by Gasteiger charge is -2.47. The molecule has 1 spiro atoms. The van der Waals surface area contributed by atoms with Crippen LogP contribution in [0, 0.1) is 0 Å². The van der Waals surface area contributed by atoms with Gasteiger partial charge < -0.3 is 14.7 Å². The molecule has 4 aliphatic heterocycles. The van der Waals surface area contributed by atoms with Crippen LogP contribution in [0.3, 0.4) is 0 Å². The second kappa shape index (κ2) is 7.97. The fraction of sp³-hybridized carbons (Fsp3) is 0.577. The van der Waals surface area contributed by atoms with Crippen LogP contribution in [-0.4, -0.2) is 77.7 Å². The van der Waals surface area contributed by atoms with Crippen molar-refractivity contribution in [3.8, 4) is 0 Å². The van der Waals surface area contributed by atoms with Crippen molar-refractivity contribution in [2.75, 3.05) is 43.5 Å². The third kappa shape index (κ3) is 3.39. The van der Waals surface area contributed by atoms with Crippen LogP contribution in [0.2, 0.25) is 0 Å². The van der Waals surface area contributed by atoms with E-state index in [2.05, 4.69) is 44.0 Å². The summed E-state index contributed by atoms with van der Waals surface area (Å²) in [7, 11) is 3.69. The van der Waals surface area contributed by atoms with Crippen LogP contribution in [0.15, 0.2) is 42.9 Å². The monoisotopic (exact) mass is 446 g/mol. The van der Waals surface area contributed by atoms with Crippen molar-refractivity contribution in [3.63, 3.8) is 0 Å². The quantitative estimate of drug-likeness (QED) is 0.707. The number of carbonyl (C=O) groups is 1. The molecule has 2 atom stereocenters. The lowest BCUT2D eigenvalue weighted by atomic mass is 9.73. The van der Waals surface area contributed by atoms with E-state index in [1.165, 1.54) is 31.2 Å². The van der Waals surface area contributed by atoms with Gasteiger partial charge in [0, 0.05) is 62.3 Å². The highest BCUT2D eigenvalue weighted by atomic mass is 16.2. The average molecular weight is 447 g/mol. The van der Waals surface area contributed by atoms with E-state index in [9.17, 15) is 4.79 Å². The lowest BCUT2D eigenvalue weighted by Crippen LogP contribution is -2.55. The zero-order valence-corrected chi connectivity index (χ0v) is 19.7. The topological polar surface area (TPSA) is 55.8 Å². The first-order valence-corrected chi connectivity index (χ1v) is 12.4. The number of benzene rings is 1. The van der Waals surface area contributed by atoms with E-state index in [1.807, 2.05) is 31.4 Å². The molecule has 7 nitrogen and oxygen atoms in total. The predicted molar refractivity (Wildman–Crippen MR) is 130 cm³/mol. The van der Waals surface area contributed by atoms with E-state index in [0.29, 0.717) is 18.1 Å². The maximum atomic E-state index is 12.9. The molecule has 4 aliphatic rings. The summed E-state index contributed by atoms with van der Waals surface area (Å²) in [5, 5.41) is 0. The van der Waals surface area contributed by atoms with Gasteiger partial charge in [0.1, 0.15) is 5.82 Å². The standard InChI is InChI=1S/C26H34N6O/c1-29(2)25(33)31-18-26(22-5-3-4-6-23(22)31)9-13-30(14-10-26)21-15-19-7-8-20(16-21)32(19)24-17-27-11-12-28-24/h3-6,11-12,17,19-21H,7-10,13-16,18H2,1-2H3. The van der Waals surface area contributed by atoms with Crippen molar-refractivity contribution in [2.45, 2.75) is 62.1 Å². The van der Waals surface area contributed by atoms with Crippen molar-refractivity contribution < 1.29 is 4.79 Å². The molecule has 7 heteroatoms. The first kappa shape index (κ1) is 20.9. The number of fused-ring (bicyclic) bond motifs is 4.